The fraction of sp³-hybridized carbons (Fsp3) is 0.538. The third-order valence-corrected chi connectivity index (χ3v) is 3.42. The summed E-state index contributed by atoms with van der Waals surface area (Å²) in [4.78, 5) is 8.80. The van der Waals surface area contributed by atoms with E-state index in [1.807, 2.05) is 11.5 Å². The van der Waals surface area contributed by atoms with Crippen molar-refractivity contribution in [1.82, 2.24) is 24.7 Å². The van der Waals surface area contributed by atoms with Gasteiger partial charge in [-0.1, -0.05) is 18.5 Å². The van der Waals surface area contributed by atoms with Gasteiger partial charge in [0.2, 0.25) is 0 Å². The fourth-order valence-electron chi connectivity index (χ4n) is 1.88. The van der Waals surface area contributed by atoms with Crippen LogP contribution in [0.2, 0.25) is 5.15 Å². The molecule has 0 unspecified atom stereocenters. The molecule has 0 aliphatic rings. The summed E-state index contributed by atoms with van der Waals surface area (Å²) in [6.45, 7) is 7.46. The molecule has 20 heavy (non-hydrogen) atoms. The minimum atomic E-state index is 0.503. The van der Waals surface area contributed by atoms with Gasteiger partial charge in [-0.15, -0.1) is 10.2 Å². The number of aryl methyl sites for hydroxylation is 2. The molecule has 0 bridgehead atoms. The second-order valence-corrected chi connectivity index (χ2v) is 4.90. The van der Waals surface area contributed by atoms with E-state index in [0.717, 1.165) is 42.4 Å². The molecule has 2 aromatic heterocycles. The van der Waals surface area contributed by atoms with Crippen molar-refractivity contribution in [3.63, 3.8) is 0 Å². The van der Waals surface area contributed by atoms with Crippen molar-refractivity contribution >= 4 is 17.4 Å². The minimum absolute atomic E-state index is 0.503. The summed E-state index contributed by atoms with van der Waals surface area (Å²) in [6.07, 6.45) is 3.53. The lowest BCUT2D eigenvalue weighted by Crippen LogP contribution is -2.11. The van der Waals surface area contributed by atoms with Crippen molar-refractivity contribution in [3.8, 4) is 0 Å². The van der Waals surface area contributed by atoms with Gasteiger partial charge >= 0.3 is 0 Å². The number of anilines is 1. The van der Waals surface area contributed by atoms with Crippen molar-refractivity contribution < 1.29 is 0 Å². The van der Waals surface area contributed by atoms with E-state index in [4.69, 9.17) is 11.6 Å². The number of hydrogen-bond donors (Lipinski definition) is 1. The van der Waals surface area contributed by atoms with Crippen LogP contribution in [0.25, 0.3) is 0 Å². The molecule has 0 aromatic carbocycles. The number of nitrogens with one attached hydrogen (secondary N) is 1. The number of nitrogens with zero attached hydrogens (tertiary/aromatic N) is 5. The van der Waals surface area contributed by atoms with E-state index in [1.165, 1.54) is 0 Å². The van der Waals surface area contributed by atoms with Gasteiger partial charge in [0.05, 0.1) is 6.54 Å². The van der Waals surface area contributed by atoms with Crippen LogP contribution in [0.5, 0.6) is 0 Å². The Labute approximate surface area is 123 Å². The highest BCUT2D eigenvalue weighted by Gasteiger charge is 2.10. The molecule has 0 aliphatic heterocycles. The molecule has 2 rings (SSSR count). The summed E-state index contributed by atoms with van der Waals surface area (Å²) in [6, 6.07) is 0. The molecule has 0 spiro atoms. The van der Waals surface area contributed by atoms with Crippen molar-refractivity contribution in [2.24, 2.45) is 0 Å². The van der Waals surface area contributed by atoms with Gasteiger partial charge in [0.15, 0.2) is 5.82 Å². The molecule has 0 radical (unpaired) electrons. The van der Waals surface area contributed by atoms with Crippen LogP contribution in [-0.4, -0.2) is 24.7 Å². The van der Waals surface area contributed by atoms with Crippen molar-refractivity contribution in [3.05, 3.63) is 28.7 Å². The Morgan fingerprint density at radius 3 is 2.80 bits per heavy atom. The molecule has 6 nitrogen and oxygen atoms in total. The highest BCUT2D eigenvalue weighted by atomic mass is 35.5. The SMILES string of the molecule is CCCc1nc(Cl)c(C)c(NCc2nncn2CC)n1. The zero-order chi connectivity index (χ0) is 14.5. The third kappa shape index (κ3) is 3.25. The van der Waals surface area contributed by atoms with Gasteiger partial charge in [-0.2, -0.15) is 0 Å². The lowest BCUT2D eigenvalue weighted by molar-refractivity contribution is 0.706. The van der Waals surface area contributed by atoms with Gasteiger partial charge in [0.25, 0.3) is 0 Å². The van der Waals surface area contributed by atoms with E-state index in [2.05, 4.69) is 39.3 Å². The maximum atomic E-state index is 6.15. The zero-order valence-electron chi connectivity index (χ0n) is 12.0. The van der Waals surface area contributed by atoms with Crippen LogP contribution in [0.15, 0.2) is 6.33 Å². The Hall–Kier alpha value is -1.69. The van der Waals surface area contributed by atoms with Gasteiger partial charge in [-0.25, -0.2) is 9.97 Å². The molecule has 0 saturated heterocycles. The summed E-state index contributed by atoms with van der Waals surface area (Å²) in [5.74, 6) is 2.40. The Morgan fingerprint density at radius 1 is 1.30 bits per heavy atom. The average Bonchev–Trinajstić information content (AvgIpc) is 2.89. The summed E-state index contributed by atoms with van der Waals surface area (Å²) in [7, 11) is 0. The molecule has 0 amide bonds. The van der Waals surface area contributed by atoms with Crippen LogP contribution < -0.4 is 5.32 Å². The summed E-state index contributed by atoms with van der Waals surface area (Å²) in [5.41, 5.74) is 0.856. The van der Waals surface area contributed by atoms with E-state index in [0.29, 0.717) is 11.7 Å². The molecule has 2 aromatic rings. The van der Waals surface area contributed by atoms with E-state index in [-0.39, 0.29) is 0 Å². The van der Waals surface area contributed by atoms with Gasteiger partial charge in [-0.05, 0) is 20.3 Å². The van der Waals surface area contributed by atoms with Crippen LogP contribution in [0.4, 0.5) is 5.82 Å². The third-order valence-electron chi connectivity index (χ3n) is 3.06. The second-order valence-electron chi connectivity index (χ2n) is 4.54. The number of rotatable bonds is 6. The topological polar surface area (TPSA) is 68.5 Å². The van der Waals surface area contributed by atoms with Crippen molar-refractivity contribution in [1.29, 1.82) is 0 Å². The summed E-state index contributed by atoms with van der Waals surface area (Å²) >= 11 is 6.15. The quantitative estimate of drug-likeness (QED) is 0.830. The van der Waals surface area contributed by atoms with Crippen LogP contribution in [0.3, 0.4) is 0 Å². The Morgan fingerprint density at radius 2 is 2.10 bits per heavy atom. The molecule has 0 aliphatic carbocycles. The van der Waals surface area contributed by atoms with E-state index < -0.39 is 0 Å². The molecule has 108 valence electrons. The first-order chi connectivity index (χ1) is 9.65. The van der Waals surface area contributed by atoms with Crippen molar-refractivity contribution in [2.75, 3.05) is 5.32 Å². The molecule has 0 atom stereocenters. The maximum Gasteiger partial charge on any atom is 0.152 e. The Balaban J connectivity index is 2.16. The molecule has 0 saturated carbocycles. The van der Waals surface area contributed by atoms with E-state index in [1.54, 1.807) is 6.33 Å². The highest BCUT2D eigenvalue weighted by molar-refractivity contribution is 6.30. The molecule has 2 heterocycles. The molecule has 7 heteroatoms. The van der Waals surface area contributed by atoms with Gasteiger partial charge in [0.1, 0.15) is 23.1 Å². The molecule has 0 fully saturated rings. The van der Waals surface area contributed by atoms with Crippen LogP contribution in [0, 0.1) is 6.92 Å². The Bertz CT molecular complexity index is 580. The predicted octanol–water partition coefficient (Wildman–Crippen LogP) is 2.61. The molecular formula is C13H19ClN6. The van der Waals surface area contributed by atoms with Crippen LogP contribution in [0.1, 0.15) is 37.5 Å². The maximum absolute atomic E-state index is 6.15. The minimum Gasteiger partial charge on any atom is -0.362 e. The normalized spacial score (nSPS) is 10.8. The number of hydrogen-bond acceptors (Lipinski definition) is 5. The zero-order valence-corrected chi connectivity index (χ0v) is 12.8. The lowest BCUT2D eigenvalue weighted by atomic mass is 10.3. The van der Waals surface area contributed by atoms with Gasteiger partial charge < -0.3 is 9.88 Å². The summed E-state index contributed by atoms with van der Waals surface area (Å²) in [5, 5.41) is 11.8. The first kappa shape index (κ1) is 14.7. The first-order valence-electron chi connectivity index (χ1n) is 6.79. The van der Waals surface area contributed by atoms with Gasteiger partial charge in [-0.3, -0.25) is 0 Å². The molecular weight excluding hydrogens is 276 g/mol. The van der Waals surface area contributed by atoms with Crippen LogP contribution >= 0.6 is 11.6 Å². The monoisotopic (exact) mass is 294 g/mol. The second kappa shape index (κ2) is 6.65. The number of aromatic nitrogens is 5. The lowest BCUT2D eigenvalue weighted by Gasteiger charge is -2.11. The van der Waals surface area contributed by atoms with Crippen LogP contribution in [-0.2, 0) is 19.5 Å². The fourth-order valence-corrected chi connectivity index (χ4v) is 2.07. The number of halogens is 1. The first-order valence-corrected chi connectivity index (χ1v) is 7.17. The highest BCUT2D eigenvalue weighted by Crippen LogP contribution is 2.20. The molecule has 1 N–H and O–H groups in total. The Kier molecular flexibility index (Phi) is 4.89. The van der Waals surface area contributed by atoms with Crippen molar-refractivity contribution in [2.45, 2.75) is 46.7 Å². The predicted molar refractivity (Wildman–Crippen MR) is 78.8 cm³/mol. The van der Waals surface area contributed by atoms with E-state index >= 15 is 0 Å². The van der Waals surface area contributed by atoms with Gasteiger partial charge in [0, 0.05) is 18.5 Å². The average molecular weight is 295 g/mol. The van der Waals surface area contributed by atoms with E-state index in [9.17, 15) is 0 Å². The summed E-state index contributed by atoms with van der Waals surface area (Å²) < 4.78 is 1.98. The standard InChI is InChI=1S/C13H19ClN6/c1-4-6-10-17-12(14)9(3)13(18-10)15-7-11-19-16-8-20(11)5-2/h8H,4-7H2,1-3H3,(H,15,17,18). The largest absolute Gasteiger partial charge is 0.362 e. The smallest absolute Gasteiger partial charge is 0.152 e.